The summed E-state index contributed by atoms with van der Waals surface area (Å²) in [7, 11) is 1.83. The second kappa shape index (κ2) is 5.25. The zero-order valence-corrected chi connectivity index (χ0v) is 11.9. The number of carbonyl (C=O) groups excluding carboxylic acids is 1. The first-order chi connectivity index (χ1) is 9.61. The first-order valence-electron chi connectivity index (χ1n) is 6.52. The van der Waals surface area contributed by atoms with Gasteiger partial charge >= 0.3 is 0 Å². The lowest BCUT2D eigenvalue weighted by molar-refractivity contribution is -0.126. The molecule has 0 aliphatic carbocycles. The minimum absolute atomic E-state index is 0.202. The number of fused-ring (bicyclic) bond motifs is 1. The number of carbonyl (C=O) groups is 1. The molecule has 0 radical (unpaired) electrons. The van der Waals surface area contributed by atoms with Crippen LogP contribution in [0.25, 0.3) is 11.0 Å². The molecule has 0 spiro atoms. The Morgan fingerprint density at radius 2 is 2.30 bits per heavy atom. The Morgan fingerprint density at radius 1 is 1.45 bits per heavy atom. The molecule has 1 atom stereocenters. The summed E-state index contributed by atoms with van der Waals surface area (Å²) in [5.41, 5.74) is 1.58. The van der Waals surface area contributed by atoms with Crippen molar-refractivity contribution < 1.29 is 4.79 Å². The summed E-state index contributed by atoms with van der Waals surface area (Å²) < 4.78 is 0. The Hall–Kier alpha value is -1.88. The van der Waals surface area contributed by atoms with Gasteiger partial charge in [-0.25, -0.2) is 4.98 Å². The Morgan fingerprint density at radius 3 is 3.05 bits per heavy atom. The van der Waals surface area contributed by atoms with Gasteiger partial charge in [-0.3, -0.25) is 9.78 Å². The maximum atomic E-state index is 11.5. The van der Waals surface area contributed by atoms with Crippen LogP contribution in [-0.2, 0) is 4.79 Å². The Labute approximate surface area is 122 Å². The maximum absolute atomic E-state index is 11.5. The molecule has 1 amide bonds. The van der Waals surface area contributed by atoms with Crippen LogP contribution >= 0.6 is 11.6 Å². The molecule has 1 fully saturated rings. The first kappa shape index (κ1) is 13.1. The second-order valence-corrected chi connectivity index (χ2v) is 5.55. The van der Waals surface area contributed by atoms with E-state index in [1.807, 2.05) is 13.1 Å². The molecule has 0 saturated carbocycles. The van der Waals surface area contributed by atoms with E-state index in [9.17, 15) is 4.79 Å². The fourth-order valence-corrected chi connectivity index (χ4v) is 2.58. The second-order valence-electron chi connectivity index (χ2n) is 5.11. The van der Waals surface area contributed by atoms with Crippen molar-refractivity contribution in [1.82, 2.24) is 14.9 Å². The number of aromatic nitrogens is 2. The van der Waals surface area contributed by atoms with E-state index in [1.165, 1.54) is 0 Å². The molecule has 1 aliphatic heterocycles. The number of halogens is 1. The van der Waals surface area contributed by atoms with Gasteiger partial charge in [0.1, 0.15) is 5.82 Å². The largest absolute Gasteiger partial charge is 0.368 e. The van der Waals surface area contributed by atoms with Crippen molar-refractivity contribution in [3.63, 3.8) is 0 Å². The Bertz CT molecular complexity index is 661. The van der Waals surface area contributed by atoms with Crippen LogP contribution in [0.15, 0.2) is 24.4 Å². The number of hydrogen-bond donors (Lipinski definition) is 1. The van der Waals surface area contributed by atoms with E-state index < -0.39 is 0 Å². The summed E-state index contributed by atoms with van der Waals surface area (Å²) in [5.74, 6) is 1.24. The summed E-state index contributed by atoms with van der Waals surface area (Å²) in [6.45, 7) is 1.51. The molecule has 1 N–H and O–H groups in total. The summed E-state index contributed by atoms with van der Waals surface area (Å²) in [4.78, 5) is 22.0. The first-order valence-corrected chi connectivity index (χ1v) is 6.90. The van der Waals surface area contributed by atoms with Gasteiger partial charge in [-0.05, 0) is 18.2 Å². The van der Waals surface area contributed by atoms with Crippen LogP contribution in [0.1, 0.15) is 6.42 Å². The van der Waals surface area contributed by atoms with Crippen LogP contribution in [0.4, 0.5) is 5.82 Å². The number of likely N-dealkylation sites (tertiary alicyclic amines) is 1. The van der Waals surface area contributed by atoms with Gasteiger partial charge in [-0.2, -0.15) is 0 Å². The lowest BCUT2D eigenvalue weighted by Crippen LogP contribution is -2.21. The van der Waals surface area contributed by atoms with Gasteiger partial charge in [0.25, 0.3) is 0 Å². The van der Waals surface area contributed by atoms with E-state index >= 15 is 0 Å². The molecule has 2 aromatic rings. The number of benzene rings is 1. The van der Waals surface area contributed by atoms with E-state index in [0.717, 1.165) is 24.1 Å². The van der Waals surface area contributed by atoms with Gasteiger partial charge in [0.05, 0.1) is 17.2 Å². The highest BCUT2D eigenvalue weighted by atomic mass is 35.5. The van der Waals surface area contributed by atoms with Crippen LogP contribution < -0.4 is 5.32 Å². The van der Waals surface area contributed by atoms with E-state index in [4.69, 9.17) is 11.6 Å². The predicted octanol–water partition coefficient (Wildman–Crippen LogP) is 2.17. The minimum Gasteiger partial charge on any atom is -0.368 e. The van der Waals surface area contributed by atoms with Crippen molar-refractivity contribution in [3.05, 3.63) is 29.4 Å². The van der Waals surface area contributed by atoms with Crippen molar-refractivity contribution in [2.75, 3.05) is 25.5 Å². The molecular formula is C14H15ClN4O. The fraction of sp³-hybridized carbons (Fsp3) is 0.357. The van der Waals surface area contributed by atoms with Crippen LogP contribution in [-0.4, -0.2) is 40.9 Å². The zero-order chi connectivity index (χ0) is 14.1. The fourth-order valence-electron chi connectivity index (χ4n) is 2.41. The molecule has 1 saturated heterocycles. The highest BCUT2D eigenvalue weighted by molar-refractivity contribution is 6.31. The third kappa shape index (κ3) is 2.67. The number of nitrogens with zero attached hydrogens (tertiary/aromatic N) is 3. The van der Waals surface area contributed by atoms with Gasteiger partial charge in [-0.1, -0.05) is 11.6 Å². The third-order valence-corrected chi connectivity index (χ3v) is 3.73. The van der Waals surface area contributed by atoms with Crippen molar-refractivity contribution in [2.45, 2.75) is 6.42 Å². The Balaban J connectivity index is 1.70. The summed E-state index contributed by atoms with van der Waals surface area (Å²) >= 11 is 5.95. The number of anilines is 1. The highest BCUT2D eigenvalue weighted by Gasteiger charge is 2.26. The number of hydrogen-bond acceptors (Lipinski definition) is 4. The zero-order valence-electron chi connectivity index (χ0n) is 11.1. The van der Waals surface area contributed by atoms with Gasteiger partial charge in [0.2, 0.25) is 5.91 Å². The average Bonchev–Trinajstić information content (AvgIpc) is 2.75. The third-order valence-electron chi connectivity index (χ3n) is 3.50. The molecule has 1 aromatic heterocycles. The normalized spacial score (nSPS) is 18.8. The SMILES string of the molecule is CN1CC(CNc2cnc3ccc(Cl)cc3n2)CC1=O. The highest BCUT2D eigenvalue weighted by Crippen LogP contribution is 2.19. The van der Waals surface area contributed by atoms with E-state index in [0.29, 0.717) is 23.2 Å². The van der Waals surface area contributed by atoms with E-state index in [-0.39, 0.29) is 5.91 Å². The molecule has 1 aliphatic rings. The molecule has 6 heteroatoms. The quantitative estimate of drug-likeness (QED) is 0.941. The molecule has 5 nitrogen and oxygen atoms in total. The molecular weight excluding hydrogens is 276 g/mol. The van der Waals surface area contributed by atoms with Crippen LogP contribution in [0.5, 0.6) is 0 Å². The molecule has 1 unspecified atom stereocenters. The molecule has 0 bridgehead atoms. The summed E-state index contributed by atoms with van der Waals surface area (Å²) in [5, 5.41) is 3.89. The maximum Gasteiger partial charge on any atom is 0.222 e. The molecule has 20 heavy (non-hydrogen) atoms. The number of amides is 1. The average molecular weight is 291 g/mol. The minimum atomic E-state index is 0.202. The van der Waals surface area contributed by atoms with Crippen molar-refractivity contribution in [1.29, 1.82) is 0 Å². The predicted molar refractivity (Wildman–Crippen MR) is 78.8 cm³/mol. The molecule has 2 heterocycles. The monoisotopic (exact) mass is 290 g/mol. The van der Waals surface area contributed by atoms with Gasteiger partial charge in [0.15, 0.2) is 0 Å². The van der Waals surface area contributed by atoms with Crippen LogP contribution in [0.3, 0.4) is 0 Å². The lowest BCUT2D eigenvalue weighted by Gasteiger charge is -2.11. The van der Waals surface area contributed by atoms with Gasteiger partial charge < -0.3 is 10.2 Å². The van der Waals surface area contributed by atoms with Crippen molar-refractivity contribution in [2.24, 2.45) is 5.92 Å². The number of rotatable bonds is 3. The topological polar surface area (TPSA) is 58.1 Å². The summed E-state index contributed by atoms with van der Waals surface area (Å²) in [6, 6.07) is 5.44. The summed E-state index contributed by atoms with van der Waals surface area (Å²) in [6.07, 6.45) is 2.30. The smallest absolute Gasteiger partial charge is 0.222 e. The molecule has 104 valence electrons. The molecule has 1 aromatic carbocycles. The number of nitrogens with one attached hydrogen (secondary N) is 1. The Kier molecular flexibility index (Phi) is 3.44. The standard InChI is InChI=1S/C14H15ClN4O/c1-19-8-9(4-14(19)20)6-17-13-7-16-11-3-2-10(15)5-12(11)18-13/h2-3,5,7,9H,4,6,8H2,1H3,(H,17,18). The van der Waals surface area contributed by atoms with E-state index in [2.05, 4.69) is 15.3 Å². The molecule has 3 rings (SSSR count). The van der Waals surface area contributed by atoms with Crippen LogP contribution in [0.2, 0.25) is 5.02 Å². The lowest BCUT2D eigenvalue weighted by atomic mass is 10.1. The van der Waals surface area contributed by atoms with Gasteiger partial charge in [-0.15, -0.1) is 0 Å². The van der Waals surface area contributed by atoms with Crippen molar-refractivity contribution >= 4 is 34.4 Å². The van der Waals surface area contributed by atoms with Crippen LogP contribution in [0, 0.1) is 5.92 Å². The van der Waals surface area contributed by atoms with E-state index in [1.54, 1.807) is 23.2 Å². The van der Waals surface area contributed by atoms with Crippen molar-refractivity contribution in [3.8, 4) is 0 Å². The van der Waals surface area contributed by atoms with Gasteiger partial charge in [0, 0.05) is 37.5 Å².